The Morgan fingerprint density at radius 1 is 1.15 bits per heavy atom. The number of nitrogens with two attached hydrogens (primary N) is 1. The average molecular weight is 469 g/mol. The number of hydrogen-bond acceptors (Lipinski definition) is 10. The van der Waals surface area contributed by atoms with Crippen molar-refractivity contribution in [2.24, 2.45) is 0 Å². The number of aliphatic hydroxyl groups is 2. The first-order chi connectivity index (χ1) is 16.3. The standard InChI is InChI=1S/C21H20N6O7/c22-21-24-18-12(19(33)25-21)26(7-9-4-2-1-3-5-9)8-27(18)20-17(32)13(28)10(34-20)6-23-11-14(29)16(31)15(11)30/h1-5,8,10,13,17,20,28,32H,6-7H2,(H4-,22,23,24,25,29,30,31,33)/p+1/t10-,13-,17-,20-/m1/s1. The molecule has 2 aromatic heterocycles. The van der Waals surface area contributed by atoms with Crippen molar-refractivity contribution >= 4 is 22.8 Å². The number of H-pyrrole nitrogens is 1. The summed E-state index contributed by atoms with van der Waals surface area (Å²) in [5, 5.41) is 33.3. The maximum absolute atomic E-state index is 12.7. The lowest BCUT2D eigenvalue weighted by Gasteiger charge is -2.16. The van der Waals surface area contributed by atoms with E-state index in [1.807, 2.05) is 30.3 Å². The molecule has 13 heteroatoms. The Balaban J connectivity index is 1.48. The van der Waals surface area contributed by atoms with Gasteiger partial charge in [0, 0.05) is 6.54 Å². The molecular formula is C21H21N6O7+. The molecule has 34 heavy (non-hydrogen) atoms. The highest BCUT2D eigenvalue weighted by Crippen LogP contribution is 2.28. The molecule has 0 amide bonds. The van der Waals surface area contributed by atoms with E-state index in [9.17, 15) is 29.7 Å². The SMILES string of the molecule is Nc1nc2c(c(=O)[nH]1)n(Cc1ccccc1)c[n+]2[C@@H]1O[C@H](CNc2c(O)c(=O)c2=O)[C@@H](O)[C@H]1O. The number of aromatic hydroxyl groups is 1. The first-order valence-electron chi connectivity index (χ1n) is 10.4. The van der Waals surface area contributed by atoms with Gasteiger partial charge in [0.15, 0.2) is 12.1 Å². The number of hydrogen-bond donors (Lipinski definition) is 6. The van der Waals surface area contributed by atoms with Gasteiger partial charge in [-0.05, 0) is 5.56 Å². The molecule has 1 fully saturated rings. The fourth-order valence-corrected chi connectivity index (χ4v) is 4.13. The monoisotopic (exact) mass is 469 g/mol. The number of aliphatic hydroxyl groups excluding tert-OH is 2. The third-order valence-electron chi connectivity index (χ3n) is 5.86. The molecule has 5 rings (SSSR count). The van der Waals surface area contributed by atoms with Crippen molar-refractivity contribution in [3.8, 4) is 5.75 Å². The number of aromatic nitrogens is 4. The summed E-state index contributed by atoms with van der Waals surface area (Å²) in [6.07, 6.45) is -3.42. The normalized spacial score (nSPS) is 22.5. The van der Waals surface area contributed by atoms with Gasteiger partial charge in [0.2, 0.25) is 11.7 Å². The van der Waals surface area contributed by atoms with Crippen LogP contribution in [0, 0.1) is 0 Å². The second-order valence-corrected chi connectivity index (χ2v) is 8.07. The second kappa shape index (κ2) is 8.06. The summed E-state index contributed by atoms with van der Waals surface area (Å²) in [5.74, 6) is -0.822. The molecule has 2 aromatic carbocycles. The number of fused-ring (bicyclic) bond motifs is 1. The van der Waals surface area contributed by atoms with E-state index in [0.717, 1.165) is 5.56 Å². The second-order valence-electron chi connectivity index (χ2n) is 8.07. The summed E-state index contributed by atoms with van der Waals surface area (Å²) < 4.78 is 8.87. The summed E-state index contributed by atoms with van der Waals surface area (Å²) in [6, 6.07) is 9.37. The Bertz CT molecular complexity index is 1500. The Kier molecular flexibility index (Phi) is 5.16. The van der Waals surface area contributed by atoms with Gasteiger partial charge in [-0.1, -0.05) is 35.3 Å². The largest absolute Gasteiger partial charge is 0.502 e. The quantitative estimate of drug-likeness (QED) is 0.132. The number of aromatic amines is 1. The van der Waals surface area contributed by atoms with Crippen molar-refractivity contribution in [2.45, 2.75) is 31.1 Å². The number of anilines is 2. The lowest BCUT2D eigenvalue weighted by molar-refractivity contribution is -0.745. The van der Waals surface area contributed by atoms with Crippen molar-refractivity contribution in [3.63, 3.8) is 0 Å². The lowest BCUT2D eigenvalue weighted by atomic mass is 10.1. The zero-order valence-electron chi connectivity index (χ0n) is 17.6. The van der Waals surface area contributed by atoms with Gasteiger partial charge in [-0.2, -0.15) is 0 Å². The fourth-order valence-electron chi connectivity index (χ4n) is 4.13. The molecule has 7 N–H and O–H groups in total. The lowest BCUT2D eigenvalue weighted by Crippen LogP contribution is -2.46. The molecule has 4 aromatic rings. The van der Waals surface area contributed by atoms with Crippen LogP contribution in [0.5, 0.6) is 5.75 Å². The van der Waals surface area contributed by atoms with E-state index in [4.69, 9.17) is 10.5 Å². The molecule has 1 aliphatic heterocycles. The van der Waals surface area contributed by atoms with E-state index in [-0.39, 0.29) is 29.3 Å². The molecule has 1 aliphatic rings. The van der Waals surface area contributed by atoms with Gasteiger partial charge in [-0.15, -0.1) is 0 Å². The molecule has 4 atom stereocenters. The number of imidazole rings is 1. The molecule has 0 aliphatic carbocycles. The highest BCUT2D eigenvalue weighted by atomic mass is 16.6. The summed E-state index contributed by atoms with van der Waals surface area (Å²) in [6.45, 7) is 0.144. The number of nitrogens with zero attached hydrogens (tertiary/aromatic N) is 3. The van der Waals surface area contributed by atoms with Gasteiger partial charge in [0.1, 0.15) is 24.0 Å². The number of benzene rings is 1. The first-order valence-corrected chi connectivity index (χ1v) is 10.4. The maximum atomic E-state index is 12.7. The van der Waals surface area contributed by atoms with Crippen molar-refractivity contribution in [2.75, 3.05) is 17.6 Å². The summed E-state index contributed by atoms with van der Waals surface area (Å²) >= 11 is 0. The van der Waals surface area contributed by atoms with E-state index in [1.54, 1.807) is 4.57 Å². The molecule has 176 valence electrons. The van der Waals surface area contributed by atoms with E-state index in [2.05, 4.69) is 15.3 Å². The van der Waals surface area contributed by atoms with Crippen LogP contribution in [-0.2, 0) is 11.3 Å². The molecule has 13 nitrogen and oxygen atoms in total. The number of nitrogens with one attached hydrogen (secondary N) is 2. The Morgan fingerprint density at radius 2 is 1.88 bits per heavy atom. The van der Waals surface area contributed by atoms with Crippen molar-refractivity contribution < 1.29 is 24.6 Å². The van der Waals surface area contributed by atoms with Crippen molar-refractivity contribution in [1.29, 1.82) is 0 Å². The fraction of sp³-hybridized carbons (Fsp3) is 0.286. The molecule has 3 heterocycles. The molecule has 0 unspecified atom stereocenters. The van der Waals surface area contributed by atoms with E-state index in [1.165, 1.54) is 10.9 Å². The smallest absolute Gasteiger partial charge is 0.313 e. The molecule has 0 saturated carbocycles. The van der Waals surface area contributed by atoms with Crippen LogP contribution >= 0.6 is 0 Å². The molecule has 0 bridgehead atoms. The number of ether oxygens (including phenoxy) is 1. The average Bonchev–Trinajstić information content (AvgIpc) is 3.31. The Hall–Kier alpha value is -4.07. The topological polar surface area (TPSA) is 197 Å². The van der Waals surface area contributed by atoms with Crippen LogP contribution < -0.4 is 32.0 Å². The van der Waals surface area contributed by atoms with Gasteiger partial charge in [0.25, 0.3) is 22.4 Å². The number of nitrogen functional groups attached to an aromatic ring is 1. The third-order valence-corrected chi connectivity index (χ3v) is 5.86. The van der Waals surface area contributed by atoms with Crippen LogP contribution in [0.3, 0.4) is 0 Å². The third kappa shape index (κ3) is 3.42. The minimum absolute atomic E-state index is 0.134. The molecule has 0 radical (unpaired) electrons. The highest BCUT2D eigenvalue weighted by molar-refractivity contribution is 5.67. The van der Waals surface area contributed by atoms with Crippen molar-refractivity contribution in [3.05, 3.63) is 73.0 Å². The minimum atomic E-state index is -1.42. The van der Waals surface area contributed by atoms with Gasteiger partial charge in [0.05, 0.1) is 6.54 Å². The van der Waals surface area contributed by atoms with E-state index >= 15 is 0 Å². The van der Waals surface area contributed by atoms with Crippen molar-refractivity contribution in [1.82, 2.24) is 14.5 Å². The maximum Gasteiger partial charge on any atom is 0.313 e. The molecule has 0 spiro atoms. The van der Waals surface area contributed by atoms with Gasteiger partial charge >= 0.3 is 5.65 Å². The first kappa shape index (κ1) is 21.8. The predicted octanol–water partition coefficient (Wildman–Crippen LogP) is -2.32. The van der Waals surface area contributed by atoms with Crippen LogP contribution in [0.1, 0.15) is 11.8 Å². The Labute approximate surface area is 190 Å². The van der Waals surface area contributed by atoms with Crippen LogP contribution in [-0.4, -0.2) is 54.7 Å². The summed E-state index contributed by atoms with van der Waals surface area (Å²) in [7, 11) is 0. The molecular weight excluding hydrogens is 448 g/mol. The van der Waals surface area contributed by atoms with Crippen LogP contribution in [0.2, 0.25) is 0 Å². The van der Waals surface area contributed by atoms with Crippen LogP contribution in [0.4, 0.5) is 11.6 Å². The van der Waals surface area contributed by atoms with Crippen LogP contribution in [0.15, 0.2) is 51.0 Å². The van der Waals surface area contributed by atoms with Gasteiger partial charge in [-0.25, -0.2) is 4.57 Å². The zero-order valence-corrected chi connectivity index (χ0v) is 17.6. The van der Waals surface area contributed by atoms with E-state index in [0.29, 0.717) is 6.54 Å². The molecule has 1 saturated heterocycles. The van der Waals surface area contributed by atoms with E-state index < -0.39 is 46.7 Å². The predicted molar refractivity (Wildman–Crippen MR) is 118 cm³/mol. The van der Waals surface area contributed by atoms with Gasteiger partial charge < -0.3 is 31.1 Å². The zero-order chi connectivity index (χ0) is 24.1. The van der Waals surface area contributed by atoms with Gasteiger partial charge in [-0.3, -0.25) is 23.9 Å². The summed E-state index contributed by atoms with van der Waals surface area (Å²) in [5.41, 5.74) is 4.35. The summed E-state index contributed by atoms with van der Waals surface area (Å²) in [4.78, 5) is 42.0. The highest BCUT2D eigenvalue weighted by Gasteiger charge is 2.47. The number of rotatable bonds is 6. The van der Waals surface area contributed by atoms with Crippen LogP contribution in [0.25, 0.3) is 11.2 Å². The Morgan fingerprint density at radius 3 is 2.59 bits per heavy atom. The minimum Gasteiger partial charge on any atom is -0.502 e.